The van der Waals surface area contributed by atoms with Gasteiger partial charge in [0.05, 0.1) is 17.6 Å². The molecule has 3 rings (SSSR count). The van der Waals surface area contributed by atoms with Crippen LogP contribution < -0.4 is 5.32 Å². The SMILES string of the molecule is Cc1[nH]c(C(=O)N2CCC[C@H](C(=O)N[C@@H](C)CCc3ccccc3)C2)c(C)c1C(=O)OC(C)C. The summed E-state index contributed by atoms with van der Waals surface area (Å²) < 4.78 is 5.33. The molecule has 2 atom stereocenters. The van der Waals surface area contributed by atoms with Gasteiger partial charge in [0.15, 0.2) is 0 Å². The first-order valence-corrected chi connectivity index (χ1v) is 12.2. The van der Waals surface area contributed by atoms with Crippen LogP contribution in [0.3, 0.4) is 0 Å². The number of aryl methyl sites for hydroxylation is 2. The third kappa shape index (κ3) is 6.27. The number of carbonyl (C=O) groups excluding carboxylic acids is 3. The number of ether oxygens (including phenoxy) is 1. The fourth-order valence-corrected chi connectivity index (χ4v) is 4.54. The molecule has 184 valence electrons. The molecule has 1 fully saturated rings. The number of carbonyl (C=O) groups is 3. The number of likely N-dealkylation sites (tertiary alicyclic amines) is 1. The number of aromatic amines is 1. The number of hydrogen-bond acceptors (Lipinski definition) is 4. The van der Waals surface area contributed by atoms with E-state index in [9.17, 15) is 14.4 Å². The first kappa shape index (κ1) is 25.5. The van der Waals surface area contributed by atoms with Crippen molar-refractivity contribution in [3.05, 3.63) is 58.4 Å². The van der Waals surface area contributed by atoms with Crippen LogP contribution in [0.1, 0.15) is 77.7 Å². The van der Waals surface area contributed by atoms with Crippen molar-refractivity contribution in [3.8, 4) is 0 Å². The van der Waals surface area contributed by atoms with Crippen molar-refractivity contribution in [1.82, 2.24) is 15.2 Å². The number of hydrogen-bond donors (Lipinski definition) is 2. The zero-order valence-electron chi connectivity index (χ0n) is 20.9. The van der Waals surface area contributed by atoms with Gasteiger partial charge in [-0.25, -0.2) is 4.79 Å². The predicted octanol–water partition coefficient (Wildman–Crippen LogP) is 4.19. The second-order valence-electron chi connectivity index (χ2n) is 9.60. The van der Waals surface area contributed by atoms with E-state index >= 15 is 0 Å². The molecule has 7 heteroatoms. The molecule has 2 aromatic rings. The fourth-order valence-electron chi connectivity index (χ4n) is 4.54. The van der Waals surface area contributed by atoms with Crippen LogP contribution in [0, 0.1) is 19.8 Å². The van der Waals surface area contributed by atoms with Crippen LogP contribution in [-0.4, -0.2) is 52.9 Å². The summed E-state index contributed by atoms with van der Waals surface area (Å²) in [6.45, 7) is 10.1. The van der Waals surface area contributed by atoms with Crippen LogP contribution in [0.15, 0.2) is 30.3 Å². The number of piperidine rings is 1. The molecule has 0 radical (unpaired) electrons. The highest BCUT2D eigenvalue weighted by Crippen LogP contribution is 2.24. The minimum absolute atomic E-state index is 0.00125. The molecule has 34 heavy (non-hydrogen) atoms. The van der Waals surface area contributed by atoms with Gasteiger partial charge in [-0.3, -0.25) is 9.59 Å². The Morgan fingerprint density at radius 1 is 1.15 bits per heavy atom. The van der Waals surface area contributed by atoms with E-state index in [1.807, 2.05) is 25.1 Å². The molecule has 0 aliphatic carbocycles. The highest BCUT2D eigenvalue weighted by Gasteiger charge is 2.32. The summed E-state index contributed by atoms with van der Waals surface area (Å²) in [7, 11) is 0. The topological polar surface area (TPSA) is 91.5 Å². The lowest BCUT2D eigenvalue weighted by atomic mass is 9.96. The van der Waals surface area contributed by atoms with Crippen molar-refractivity contribution in [1.29, 1.82) is 0 Å². The molecule has 0 spiro atoms. The van der Waals surface area contributed by atoms with E-state index < -0.39 is 5.97 Å². The Kier molecular flexibility index (Phi) is 8.53. The minimum Gasteiger partial charge on any atom is -0.459 e. The number of H-pyrrole nitrogens is 1. The van der Waals surface area contributed by atoms with Crippen molar-refractivity contribution < 1.29 is 19.1 Å². The molecule has 1 saturated heterocycles. The maximum atomic E-state index is 13.3. The minimum atomic E-state index is -0.430. The van der Waals surface area contributed by atoms with Crippen molar-refractivity contribution in [3.63, 3.8) is 0 Å². The molecule has 2 N–H and O–H groups in total. The van der Waals surface area contributed by atoms with E-state index in [2.05, 4.69) is 22.4 Å². The van der Waals surface area contributed by atoms with Gasteiger partial charge in [-0.05, 0) is 71.4 Å². The third-order valence-electron chi connectivity index (χ3n) is 6.38. The summed E-state index contributed by atoms with van der Waals surface area (Å²) in [5, 5.41) is 3.13. The molecular weight excluding hydrogens is 430 g/mol. The van der Waals surface area contributed by atoms with Crippen LogP contribution in [-0.2, 0) is 16.0 Å². The molecule has 1 aromatic carbocycles. The largest absolute Gasteiger partial charge is 0.459 e. The number of aromatic nitrogens is 1. The van der Waals surface area contributed by atoms with Crippen LogP contribution >= 0.6 is 0 Å². The smallest absolute Gasteiger partial charge is 0.340 e. The Bertz CT molecular complexity index is 1010. The Labute approximate surface area is 202 Å². The second kappa shape index (κ2) is 11.4. The molecule has 7 nitrogen and oxygen atoms in total. The highest BCUT2D eigenvalue weighted by molar-refractivity contribution is 6.00. The lowest BCUT2D eigenvalue weighted by Gasteiger charge is -2.32. The van der Waals surface area contributed by atoms with E-state index in [1.165, 1.54) is 5.56 Å². The number of benzene rings is 1. The highest BCUT2D eigenvalue weighted by atomic mass is 16.5. The number of amides is 2. The molecule has 0 saturated carbocycles. The average molecular weight is 468 g/mol. The number of nitrogens with one attached hydrogen (secondary N) is 2. The molecular formula is C27H37N3O4. The zero-order valence-corrected chi connectivity index (χ0v) is 20.9. The van der Waals surface area contributed by atoms with Gasteiger partial charge in [0, 0.05) is 24.8 Å². The van der Waals surface area contributed by atoms with Gasteiger partial charge in [0.1, 0.15) is 5.69 Å². The fraction of sp³-hybridized carbons (Fsp3) is 0.519. The summed E-state index contributed by atoms with van der Waals surface area (Å²) in [5.74, 6) is -0.850. The summed E-state index contributed by atoms with van der Waals surface area (Å²) >= 11 is 0. The molecule has 1 aliphatic heterocycles. The van der Waals surface area contributed by atoms with Crippen LogP contribution in [0.5, 0.6) is 0 Å². The van der Waals surface area contributed by atoms with Crippen molar-refractivity contribution >= 4 is 17.8 Å². The molecule has 1 aromatic heterocycles. The van der Waals surface area contributed by atoms with E-state index in [1.54, 1.807) is 32.6 Å². The van der Waals surface area contributed by atoms with Crippen LogP contribution in [0.4, 0.5) is 0 Å². The number of rotatable bonds is 8. The quantitative estimate of drug-likeness (QED) is 0.570. The molecule has 1 aliphatic rings. The van der Waals surface area contributed by atoms with Gasteiger partial charge in [-0.1, -0.05) is 30.3 Å². The Morgan fingerprint density at radius 3 is 2.53 bits per heavy atom. The number of esters is 1. The van der Waals surface area contributed by atoms with E-state index in [0.29, 0.717) is 35.6 Å². The first-order valence-electron chi connectivity index (χ1n) is 12.2. The van der Waals surface area contributed by atoms with Gasteiger partial charge >= 0.3 is 5.97 Å². The van der Waals surface area contributed by atoms with Crippen molar-refractivity contribution in [2.24, 2.45) is 5.92 Å². The average Bonchev–Trinajstić information content (AvgIpc) is 3.11. The molecule has 2 amide bonds. The maximum Gasteiger partial charge on any atom is 0.340 e. The predicted molar refractivity (Wildman–Crippen MR) is 132 cm³/mol. The standard InChI is InChI=1S/C27H37N3O4/c1-17(2)34-27(33)23-19(4)24(29-20(23)5)26(32)30-15-9-12-22(16-30)25(31)28-18(3)13-14-21-10-7-6-8-11-21/h6-8,10-11,17-18,22,29H,9,12-16H2,1-5H3,(H,28,31)/t18-,22-/m0/s1. The summed E-state index contributed by atoms with van der Waals surface area (Å²) in [6, 6.07) is 10.3. The lowest BCUT2D eigenvalue weighted by Crippen LogP contribution is -2.47. The first-order chi connectivity index (χ1) is 16.2. The van der Waals surface area contributed by atoms with E-state index in [0.717, 1.165) is 25.7 Å². The normalized spacial score (nSPS) is 16.9. The Morgan fingerprint density at radius 2 is 1.85 bits per heavy atom. The van der Waals surface area contributed by atoms with Gasteiger partial charge < -0.3 is 19.9 Å². The third-order valence-corrected chi connectivity index (χ3v) is 6.38. The van der Waals surface area contributed by atoms with Crippen molar-refractivity contribution in [2.45, 2.75) is 72.4 Å². The van der Waals surface area contributed by atoms with E-state index in [4.69, 9.17) is 4.74 Å². The van der Waals surface area contributed by atoms with Gasteiger partial charge in [-0.2, -0.15) is 0 Å². The molecule has 0 unspecified atom stereocenters. The molecule has 2 heterocycles. The van der Waals surface area contributed by atoms with Crippen LogP contribution in [0.2, 0.25) is 0 Å². The summed E-state index contributed by atoms with van der Waals surface area (Å²) in [5.41, 5.74) is 3.27. The van der Waals surface area contributed by atoms with Gasteiger partial charge in [-0.15, -0.1) is 0 Å². The zero-order chi connectivity index (χ0) is 24.8. The molecule has 0 bridgehead atoms. The van der Waals surface area contributed by atoms with Gasteiger partial charge in [0.2, 0.25) is 5.91 Å². The maximum absolute atomic E-state index is 13.3. The van der Waals surface area contributed by atoms with Crippen molar-refractivity contribution in [2.75, 3.05) is 13.1 Å². The van der Waals surface area contributed by atoms with Gasteiger partial charge in [0.25, 0.3) is 5.91 Å². The monoisotopic (exact) mass is 467 g/mol. The summed E-state index contributed by atoms with van der Waals surface area (Å²) in [6.07, 6.45) is 3.06. The second-order valence-corrected chi connectivity index (χ2v) is 9.60. The van der Waals surface area contributed by atoms with E-state index in [-0.39, 0.29) is 29.9 Å². The van der Waals surface area contributed by atoms with Crippen LogP contribution in [0.25, 0.3) is 0 Å². The lowest BCUT2D eigenvalue weighted by molar-refractivity contribution is -0.127. The Hall–Kier alpha value is -3.09. The summed E-state index contributed by atoms with van der Waals surface area (Å²) in [4.78, 5) is 43.5. The number of nitrogens with zero attached hydrogens (tertiary/aromatic N) is 1. The Balaban J connectivity index is 1.60.